The number of thioether (sulfide) groups is 1. The van der Waals surface area contributed by atoms with E-state index in [1.165, 1.54) is 16.0 Å². The Balaban J connectivity index is 2.40. The third kappa shape index (κ3) is 2.89. The maximum absolute atomic E-state index is 5.55. The van der Waals surface area contributed by atoms with Gasteiger partial charge < -0.3 is 5.73 Å². The number of hydrogen-bond donors (Lipinski definition) is 1. The minimum absolute atomic E-state index is 0.663. The van der Waals surface area contributed by atoms with Crippen LogP contribution in [0.15, 0.2) is 28.5 Å². The van der Waals surface area contributed by atoms with Crippen LogP contribution >= 0.6 is 23.1 Å². The number of nitrogens with two attached hydrogens (primary N) is 1. The summed E-state index contributed by atoms with van der Waals surface area (Å²) in [5, 5.41) is 3.25. The molecular formula is C13H16N2S2. The Morgan fingerprint density at radius 1 is 1.41 bits per heavy atom. The number of nitrogens with zero attached hydrogens (tertiary/aromatic N) is 1. The Bertz CT molecular complexity index is 506. The van der Waals surface area contributed by atoms with Crippen molar-refractivity contribution in [2.75, 3.05) is 12.8 Å². The van der Waals surface area contributed by atoms with Gasteiger partial charge in [0.1, 0.15) is 0 Å². The van der Waals surface area contributed by atoms with Gasteiger partial charge in [0.15, 0.2) is 0 Å². The van der Waals surface area contributed by atoms with Crippen molar-refractivity contribution in [3.8, 4) is 11.3 Å². The van der Waals surface area contributed by atoms with Crippen LogP contribution in [0.4, 0.5) is 0 Å². The van der Waals surface area contributed by atoms with E-state index in [0.29, 0.717) is 6.54 Å². The molecule has 1 aromatic carbocycles. The van der Waals surface area contributed by atoms with Crippen molar-refractivity contribution in [2.45, 2.75) is 18.2 Å². The summed E-state index contributed by atoms with van der Waals surface area (Å²) in [5.74, 6) is 0. The largest absolute Gasteiger partial charge is 0.330 e. The van der Waals surface area contributed by atoms with Gasteiger partial charge in [-0.1, -0.05) is 11.6 Å². The average Bonchev–Trinajstić information content (AvgIpc) is 2.78. The highest BCUT2D eigenvalue weighted by atomic mass is 32.2. The molecule has 90 valence electrons. The van der Waals surface area contributed by atoms with Crippen molar-refractivity contribution in [1.82, 2.24) is 4.98 Å². The number of rotatable bonds is 4. The molecule has 0 unspecified atom stereocenters. The van der Waals surface area contributed by atoms with E-state index < -0.39 is 0 Å². The first kappa shape index (κ1) is 12.6. The van der Waals surface area contributed by atoms with E-state index in [-0.39, 0.29) is 0 Å². The number of aryl methyl sites for hydroxylation is 1. The molecular weight excluding hydrogens is 248 g/mol. The van der Waals surface area contributed by atoms with Gasteiger partial charge in [-0.25, -0.2) is 4.98 Å². The van der Waals surface area contributed by atoms with Crippen LogP contribution in [0.25, 0.3) is 11.3 Å². The molecule has 4 heteroatoms. The van der Waals surface area contributed by atoms with Gasteiger partial charge in [0, 0.05) is 22.3 Å². The standard InChI is InChI=1S/C13H16N2S2/c1-9-3-4-12(16-2)10(7-9)11-8-17-13(15-11)5-6-14/h3-4,7-8H,5-6,14H2,1-2H3. The van der Waals surface area contributed by atoms with Gasteiger partial charge in [0.05, 0.1) is 10.7 Å². The zero-order valence-electron chi connectivity index (χ0n) is 10.1. The topological polar surface area (TPSA) is 38.9 Å². The molecule has 0 spiro atoms. The monoisotopic (exact) mass is 264 g/mol. The summed E-state index contributed by atoms with van der Waals surface area (Å²) in [6.45, 7) is 2.77. The molecule has 2 nitrogen and oxygen atoms in total. The number of hydrogen-bond acceptors (Lipinski definition) is 4. The summed E-state index contributed by atoms with van der Waals surface area (Å²) < 4.78 is 0. The Hall–Kier alpha value is -0.840. The predicted molar refractivity (Wildman–Crippen MR) is 76.8 cm³/mol. The van der Waals surface area contributed by atoms with E-state index in [2.05, 4.69) is 41.7 Å². The van der Waals surface area contributed by atoms with Crippen LogP contribution in [-0.4, -0.2) is 17.8 Å². The van der Waals surface area contributed by atoms with Crippen LogP contribution in [0.2, 0.25) is 0 Å². The Morgan fingerprint density at radius 3 is 2.94 bits per heavy atom. The minimum atomic E-state index is 0.663. The fourth-order valence-electron chi connectivity index (χ4n) is 1.69. The van der Waals surface area contributed by atoms with Crippen LogP contribution in [0, 0.1) is 6.92 Å². The summed E-state index contributed by atoms with van der Waals surface area (Å²) in [6, 6.07) is 6.51. The predicted octanol–water partition coefficient (Wildman–Crippen LogP) is 3.34. The van der Waals surface area contributed by atoms with Crippen molar-refractivity contribution in [3.05, 3.63) is 34.2 Å². The quantitative estimate of drug-likeness (QED) is 0.861. The molecule has 0 saturated carbocycles. The number of aromatic nitrogens is 1. The Morgan fingerprint density at radius 2 is 2.24 bits per heavy atom. The third-order valence-electron chi connectivity index (χ3n) is 2.54. The van der Waals surface area contributed by atoms with Crippen molar-refractivity contribution in [2.24, 2.45) is 5.73 Å². The van der Waals surface area contributed by atoms with Gasteiger partial charge in [0.25, 0.3) is 0 Å². The maximum atomic E-state index is 5.55. The lowest BCUT2D eigenvalue weighted by Gasteiger charge is -2.05. The first-order valence-corrected chi connectivity index (χ1v) is 7.64. The second kappa shape index (κ2) is 5.67. The van der Waals surface area contributed by atoms with Crippen LogP contribution in [0.5, 0.6) is 0 Å². The molecule has 0 aliphatic carbocycles. The van der Waals surface area contributed by atoms with E-state index >= 15 is 0 Å². The maximum Gasteiger partial charge on any atom is 0.0945 e. The fourth-order valence-corrected chi connectivity index (χ4v) is 3.10. The van der Waals surface area contributed by atoms with Crippen LogP contribution < -0.4 is 5.73 Å². The summed E-state index contributed by atoms with van der Waals surface area (Å²) in [4.78, 5) is 5.92. The van der Waals surface area contributed by atoms with Crippen molar-refractivity contribution < 1.29 is 0 Å². The Labute approximate surface area is 110 Å². The van der Waals surface area contributed by atoms with E-state index in [1.807, 2.05) is 0 Å². The second-order valence-electron chi connectivity index (χ2n) is 3.87. The summed E-state index contributed by atoms with van der Waals surface area (Å²) in [6.07, 6.45) is 2.96. The lowest BCUT2D eigenvalue weighted by atomic mass is 10.1. The molecule has 0 saturated heterocycles. The summed E-state index contributed by atoms with van der Waals surface area (Å²) >= 11 is 3.46. The van der Waals surface area contributed by atoms with E-state index in [9.17, 15) is 0 Å². The number of thiazole rings is 1. The van der Waals surface area contributed by atoms with Crippen LogP contribution in [0.3, 0.4) is 0 Å². The van der Waals surface area contributed by atoms with Gasteiger partial charge in [-0.3, -0.25) is 0 Å². The van der Waals surface area contributed by atoms with E-state index in [0.717, 1.165) is 17.1 Å². The number of benzene rings is 1. The van der Waals surface area contributed by atoms with Gasteiger partial charge in [-0.15, -0.1) is 23.1 Å². The normalized spacial score (nSPS) is 10.8. The Kier molecular flexibility index (Phi) is 4.20. The molecule has 17 heavy (non-hydrogen) atoms. The van der Waals surface area contributed by atoms with Gasteiger partial charge in [-0.05, 0) is 31.9 Å². The van der Waals surface area contributed by atoms with Crippen LogP contribution in [0.1, 0.15) is 10.6 Å². The molecule has 0 aliphatic heterocycles. The zero-order chi connectivity index (χ0) is 12.3. The molecule has 1 aromatic heterocycles. The molecule has 0 bridgehead atoms. The van der Waals surface area contributed by atoms with Gasteiger partial charge in [0.2, 0.25) is 0 Å². The first-order chi connectivity index (χ1) is 8.24. The summed E-state index contributed by atoms with van der Waals surface area (Å²) in [7, 11) is 0. The smallest absolute Gasteiger partial charge is 0.0945 e. The highest BCUT2D eigenvalue weighted by Crippen LogP contribution is 2.31. The van der Waals surface area contributed by atoms with E-state index in [4.69, 9.17) is 5.73 Å². The second-order valence-corrected chi connectivity index (χ2v) is 5.66. The SMILES string of the molecule is CSc1ccc(C)cc1-c1csc(CCN)n1. The highest BCUT2D eigenvalue weighted by Gasteiger charge is 2.08. The van der Waals surface area contributed by atoms with Crippen molar-refractivity contribution in [3.63, 3.8) is 0 Å². The van der Waals surface area contributed by atoms with Crippen molar-refractivity contribution >= 4 is 23.1 Å². The summed E-state index contributed by atoms with van der Waals surface area (Å²) in [5.41, 5.74) is 9.13. The van der Waals surface area contributed by atoms with Gasteiger partial charge in [-0.2, -0.15) is 0 Å². The molecule has 0 fully saturated rings. The minimum Gasteiger partial charge on any atom is -0.330 e. The highest BCUT2D eigenvalue weighted by molar-refractivity contribution is 7.98. The first-order valence-electron chi connectivity index (χ1n) is 5.54. The van der Waals surface area contributed by atoms with Crippen LogP contribution in [-0.2, 0) is 6.42 Å². The lowest BCUT2D eigenvalue weighted by Crippen LogP contribution is -2.02. The molecule has 2 aromatic rings. The molecule has 2 N–H and O–H groups in total. The molecule has 2 rings (SSSR count). The fraction of sp³-hybridized carbons (Fsp3) is 0.308. The van der Waals surface area contributed by atoms with Crippen molar-refractivity contribution in [1.29, 1.82) is 0 Å². The van der Waals surface area contributed by atoms with E-state index in [1.54, 1.807) is 23.1 Å². The molecule has 0 radical (unpaired) electrons. The molecule has 1 heterocycles. The van der Waals surface area contributed by atoms with Gasteiger partial charge >= 0.3 is 0 Å². The molecule has 0 amide bonds. The zero-order valence-corrected chi connectivity index (χ0v) is 11.7. The molecule has 0 atom stereocenters. The average molecular weight is 264 g/mol. The molecule has 0 aliphatic rings. The third-order valence-corrected chi connectivity index (χ3v) is 4.25. The lowest BCUT2D eigenvalue weighted by molar-refractivity contribution is 0.954.